The first-order valence-corrected chi connectivity index (χ1v) is 5.30. The zero-order valence-corrected chi connectivity index (χ0v) is 9.55. The maximum absolute atomic E-state index is 10.9. The van der Waals surface area contributed by atoms with Crippen molar-refractivity contribution >= 4 is 5.97 Å². The predicted octanol–water partition coefficient (Wildman–Crippen LogP) is 3.48. The molecule has 14 heavy (non-hydrogen) atoms. The minimum Gasteiger partial charge on any atom is -0.481 e. The van der Waals surface area contributed by atoms with Gasteiger partial charge < -0.3 is 5.11 Å². The van der Waals surface area contributed by atoms with Crippen molar-refractivity contribution in [2.24, 2.45) is 11.8 Å². The number of hydrogen-bond donors (Lipinski definition) is 1. The van der Waals surface area contributed by atoms with E-state index in [-0.39, 0.29) is 5.92 Å². The Morgan fingerprint density at radius 2 is 1.86 bits per heavy atom. The van der Waals surface area contributed by atoms with Crippen LogP contribution in [0.1, 0.15) is 46.5 Å². The van der Waals surface area contributed by atoms with E-state index in [0.29, 0.717) is 5.92 Å². The lowest BCUT2D eigenvalue weighted by Gasteiger charge is -2.13. The average molecular weight is 198 g/mol. The molecule has 1 unspecified atom stereocenters. The summed E-state index contributed by atoms with van der Waals surface area (Å²) in [5.74, 6) is -0.261. The molecule has 0 bridgehead atoms. The van der Waals surface area contributed by atoms with Gasteiger partial charge in [0.25, 0.3) is 0 Å². The fourth-order valence-electron chi connectivity index (χ4n) is 1.35. The summed E-state index contributed by atoms with van der Waals surface area (Å²) >= 11 is 0. The molecule has 0 amide bonds. The molecule has 0 aliphatic carbocycles. The van der Waals surface area contributed by atoms with Gasteiger partial charge >= 0.3 is 5.97 Å². The molecule has 0 saturated heterocycles. The summed E-state index contributed by atoms with van der Waals surface area (Å²) < 4.78 is 0. The van der Waals surface area contributed by atoms with Crippen LogP contribution in [-0.4, -0.2) is 11.1 Å². The fraction of sp³-hybridized carbons (Fsp3) is 0.750. The molecule has 1 atom stereocenters. The highest BCUT2D eigenvalue weighted by Gasteiger charge is 2.16. The molecule has 0 aromatic heterocycles. The Morgan fingerprint density at radius 3 is 2.21 bits per heavy atom. The summed E-state index contributed by atoms with van der Waals surface area (Å²) in [5.41, 5.74) is 1.07. The first-order valence-electron chi connectivity index (χ1n) is 5.30. The maximum atomic E-state index is 10.9. The summed E-state index contributed by atoms with van der Waals surface area (Å²) in [4.78, 5) is 10.9. The van der Waals surface area contributed by atoms with Crippen molar-refractivity contribution in [2.45, 2.75) is 46.5 Å². The Bertz CT molecular complexity index is 194. The molecular weight excluding hydrogens is 176 g/mol. The van der Waals surface area contributed by atoms with E-state index in [1.165, 1.54) is 0 Å². The zero-order valence-electron chi connectivity index (χ0n) is 9.55. The minimum absolute atomic E-state index is 0.186. The Morgan fingerprint density at radius 1 is 1.29 bits per heavy atom. The topological polar surface area (TPSA) is 37.3 Å². The van der Waals surface area contributed by atoms with Crippen molar-refractivity contribution in [2.75, 3.05) is 0 Å². The Kier molecular flexibility index (Phi) is 6.26. The van der Waals surface area contributed by atoms with Gasteiger partial charge in [0.15, 0.2) is 0 Å². The normalized spacial score (nSPS) is 12.9. The molecule has 2 heteroatoms. The number of aliphatic carboxylic acids is 1. The van der Waals surface area contributed by atoms with E-state index in [1.54, 1.807) is 0 Å². The average Bonchev–Trinajstić information content (AvgIpc) is 2.02. The molecule has 0 aromatic rings. The molecule has 0 radical (unpaired) electrons. The van der Waals surface area contributed by atoms with Crippen LogP contribution < -0.4 is 0 Å². The van der Waals surface area contributed by atoms with Crippen molar-refractivity contribution in [3.8, 4) is 0 Å². The second kappa shape index (κ2) is 6.63. The van der Waals surface area contributed by atoms with E-state index < -0.39 is 5.97 Å². The monoisotopic (exact) mass is 198 g/mol. The Balaban J connectivity index is 3.90. The van der Waals surface area contributed by atoms with E-state index in [0.717, 1.165) is 31.3 Å². The molecule has 0 heterocycles. The number of rotatable bonds is 7. The summed E-state index contributed by atoms with van der Waals surface area (Å²) in [6, 6.07) is 0. The van der Waals surface area contributed by atoms with Gasteiger partial charge in [-0.1, -0.05) is 25.8 Å². The highest BCUT2D eigenvalue weighted by molar-refractivity contribution is 5.69. The molecular formula is C12H22O2. The molecule has 2 nitrogen and oxygen atoms in total. The third-order valence-electron chi connectivity index (χ3n) is 2.36. The molecule has 0 fully saturated rings. The number of carbonyl (C=O) groups is 1. The summed E-state index contributed by atoms with van der Waals surface area (Å²) in [7, 11) is 0. The van der Waals surface area contributed by atoms with Crippen molar-refractivity contribution in [3.63, 3.8) is 0 Å². The summed E-state index contributed by atoms with van der Waals surface area (Å²) in [6.07, 6.45) is 3.35. The van der Waals surface area contributed by atoms with Gasteiger partial charge in [0.2, 0.25) is 0 Å². The lowest BCUT2D eigenvalue weighted by atomic mass is 9.93. The Labute approximate surface area is 87.0 Å². The van der Waals surface area contributed by atoms with Gasteiger partial charge in [-0.15, -0.1) is 6.58 Å². The van der Waals surface area contributed by atoms with E-state index in [4.69, 9.17) is 5.11 Å². The van der Waals surface area contributed by atoms with Gasteiger partial charge in [0.05, 0.1) is 5.92 Å². The Hall–Kier alpha value is -0.790. The number of carboxylic acids is 1. The largest absolute Gasteiger partial charge is 0.481 e. The molecule has 0 rings (SSSR count). The van der Waals surface area contributed by atoms with Crippen LogP contribution in [0.2, 0.25) is 0 Å². The molecule has 0 aromatic carbocycles. The van der Waals surface area contributed by atoms with Crippen molar-refractivity contribution in [1.82, 2.24) is 0 Å². The van der Waals surface area contributed by atoms with E-state index in [2.05, 4.69) is 20.4 Å². The second-order valence-corrected chi connectivity index (χ2v) is 4.50. The molecule has 0 aliphatic heterocycles. The van der Waals surface area contributed by atoms with Crippen LogP contribution in [-0.2, 0) is 4.79 Å². The standard InChI is InChI=1S/C12H22O2/c1-9(2)5-7-11(12(13)14)8-6-10(3)4/h10-11H,1,5-8H2,2-4H3,(H,13,14). The van der Waals surface area contributed by atoms with Gasteiger partial charge in [-0.2, -0.15) is 0 Å². The van der Waals surface area contributed by atoms with Gasteiger partial charge in [-0.3, -0.25) is 4.79 Å². The lowest BCUT2D eigenvalue weighted by Crippen LogP contribution is -2.14. The van der Waals surface area contributed by atoms with Crippen molar-refractivity contribution in [1.29, 1.82) is 0 Å². The second-order valence-electron chi connectivity index (χ2n) is 4.50. The molecule has 0 saturated carbocycles. The first kappa shape index (κ1) is 13.2. The maximum Gasteiger partial charge on any atom is 0.306 e. The minimum atomic E-state index is -0.660. The van der Waals surface area contributed by atoms with Crippen LogP contribution in [0.3, 0.4) is 0 Å². The number of carboxylic acid groups (broad SMARTS) is 1. The van der Waals surface area contributed by atoms with Crippen LogP contribution >= 0.6 is 0 Å². The van der Waals surface area contributed by atoms with E-state index in [1.807, 2.05) is 6.92 Å². The van der Waals surface area contributed by atoms with Crippen LogP contribution in [0.4, 0.5) is 0 Å². The third-order valence-corrected chi connectivity index (χ3v) is 2.36. The quantitative estimate of drug-likeness (QED) is 0.636. The molecule has 0 aliphatic rings. The lowest BCUT2D eigenvalue weighted by molar-refractivity contribution is -0.142. The molecule has 82 valence electrons. The summed E-state index contributed by atoms with van der Waals surface area (Å²) in [6.45, 7) is 9.98. The van der Waals surface area contributed by atoms with E-state index in [9.17, 15) is 4.79 Å². The first-order chi connectivity index (χ1) is 6.43. The van der Waals surface area contributed by atoms with Crippen LogP contribution in [0.15, 0.2) is 12.2 Å². The number of hydrogen-bond acceptors (Lipinski definition) is 1. The zero-order chi connectivity index (χ0) is 11.1. The third kappa shape index (κ3) is 6.70. The van der Waals surface area contributed by atoms with Gasteiger partial charge in [-0.05, 0) is 32.1 Å². The van der Waals surface area contributed by atoms with Gasteiger partial charge in [-0.25, -0.2) is 0 Å². The predicted molar refractivity (Wildman–Crippen MR) is 59.2 cm³/mol. The van der Waals surface area contributed by atoms with Crippen LogP contribution in [0, 0.1) is 11.8 Å². The fourth-order valence-corrected chi connectivity index (χ4v) is 1.35. The van der Waals surface area contributed by atoms with Crippen LogP contribution in [0.25, 0.3) is 0 Å². The SMILES string of the molecule is C=C(C)CCC(CCC(C)C)C(=O)O. The van der Waals surface area contributed by atoms with Gasteiger partial charge in [0.1, 0.15) is 0 Å². The smallest absolute Gasteiger partial charge is 0.306 e. The highest BCUT2D eigenvalue weighted by atomic mass is 16.4. The molecule has 0 spiro atoms. The van der Waals surface area contributed by atoms with E-state index >= 15 is 0 Å². The number of allylic oxidation sites excluding steroid dienone is 1. The highest BCUT2D eigenvalue weighted by Crippen LogP contribution is 2.19. The van der Waals surface area contributed by atoms with Crippen molar-refractivity contribution in [3.05, 3.63) is 12.2 Å². The van der Waals surface area contributed by atoms with Crippen molar-refractivity contribution < 1.29 is 9.90 Å². The molecule has 1 N–H and O–H groups in total. The van der Waals surface area contributed by atoms with Crippen LogP contribution in [0.5, 0.6) is 0 Å². The van der Waals surface area contributed by atoms with Gasteiger partial charge in [0, 0.05) is 0 Å². The summed E-state index contributed by atoms with van der Waals surface area (Å²) in [5, 5.41) is 8.97.